The molecule has 2 heteroatoms. The van der Waals surface area contributed by atoms with Crippen molar-refractivity contribution in [1.82, 2.24) is 5.32 Å². The molecule has 0 unspecified atom stereocenters. The summed E-state index contributed by atoms with van der Waals surface area (Å²) < 4.78 is 0. The third-order valence-corrected chi connectivity index (χ3v) is 3.32. The summed E-state index contributed by atoms with van der Waals surface area (Å²) in [6.07, 6.45) is 0. The van der Waals surface area contributed by atoms with Crippen molar-refractivity contribution in [3.63, 3.8) is 0 Å². The Kier molecular flexibility index (Phi) is 5.67. The van der Waals surface area contributed by atoms with Crippen LogP contribution in [-0.4, -0.2) is 18.6 Å². The Morgan fingerprint density at radius 1 is 1.17 bits per heavy atom. The van der Waals surface area contributed by atoms with E-state index in [-0.39, 0.29) is 0 Å². The Hall–Kier alpha value is -1.02. The molecule has 0 bridgehead atoms. The monoisotopic (exact) mass is 248 g/mol. The quantitative estimate of drug-likeness (QED) is 0.825. The fourth-order valence-corrected chi connectivity index (χ4v) is 2.22. The predicted molar refractivity (Wildman–Crippen MR) is 81.3 cm³/mol. The zero-order valence-electron chi connectivity index (χ0n) is 12.7. The fourth-order valence-electron chi connectivity index (χ4n) is 2.22. The number of nitrogens with one attached hydrogen (secondary N) is 1. The van der Waals surface area contributed by atoms with Crippen LogP contribution in [0.4, 0.5) is 5.69 Å². The van der Waals surface area contributed by atoms with Gasteiger partial charge in [-0.15, -0.1) is 0 Å². The minimum Gasteiger partial charge on any atom is -0.369 e. The smallest absolute Gasteiger partial charge is 0.0371 e. The highest BCUT2D eigenvalue weighted by molar-refractivity contribution is 5.51. The van der Waals surface area contributed by atoms with Crippen LogP contribution < -0.4 is 10.2 Å². The third kappa shape index (κ3) is 4.02. The van der Waals surface area contributed by atoms with Gasteiger partial charge in [0.05, 0.1) is 0 Å². The first-order valence-corrected chi connectivity index (χ1v) is 7.05. The van der Waals surface area contributed by atoms with Crippen molar-refractivity contribution in [1.29, 1.82) is 0 Å². The first-order valence-electron chi connectivity index (χ1n) is 7.05. The van der Waals surface area contributed by atoms with Gasteiger partial charge in [-0.1, -0.05) is 19.9 Å². The lowest BCUT2D eigenvalue weighted by Gasteiger charge is -2.28. The van der Waals surface area contributed by atoms with Crippen LogP contribution in [0.15, 0.2) is 18.2 Å². The molecular formula is C16H28N2. The molecule has 1 aromatic carbocycles. The zero-order valence-corrected chi connectivity index (χ0v) is 12.7. The molecule has 1 N–H and O–H groups in total. The van der Waals surface area contributed by atoms with Gasteiger partial charge in [-0.05, 0) is 51.0 Å². The van der Waals surface area contributed by atoms with E-state index in [0.717, 1.165) is 13.1 Å². The summed E-state index contributed by atoms with van der Waals surface area (Å²) in [5, 5.41) is 3.47. The maximum absolute atomic E-state index is 3.47. The van der Waals surface area contributed by atoms with Gasteiger partial charge in [0.2, 0.25) is 0 Å². The van der Waals surface area contributed by atoms with Crippen LogP contribution in [-0.2, 0) is 6.54 Å². The van der Waals surface area contributed by atoms with Crippen LogP contribution in [0, 0.1) is 6.92 Å². The van der Waals surface area contributed by atoms with Gasteiger partial charge >= 0.3 is 0 Å². The summed E-state index contributed by atoms with van der Waals surface area (Å²) in [6, 6.07) is 7.89. The van der Waals surface area contributed by atoms with Crippen LogP contribution in [0.25, 0.3) is 0 Å². The van der Waals surface area contributed by atoms with E-state index >= 15 is 0 Å². The SMILES string of the molecule is CCN(c1ccc(CNC(C)C)c(C)c1)C(C)C. The minimum atomic E-state index is 0.534. The summed E-state index contributed by atoms with van der Waals surface area (Å²) in [4.78, 5) is 2.42. The number of nitrogens with zero attached hydrogens (tertiary/aromatic N) is 1. The molecule has 0 fully saturated rings. The molecule has 102 valence electrons. The molecule has 0 aromatic heterocycles. The van der Waals surface area contributed by atoms with Gasteiger partial charge in [0.25, 0.3) is 0 Å². The van der Waals surface area contributed by atoms with Gasteiger partial charge in [-0.2, -0.15) is 0 Å². The molecule has 0 aliphatic rings. The second-order valence-electron chi connectivity index (χ2n) is 5.53. The molecule has 0 aliphatic carbocycles. The molecule has 0 heterocycles. The van der Waals surface area contributed by atoms with Crippen molar-refractivity contribution in [3.8, 4) is 0 Å². The number of hydrogen-bond donors (Lipinski definition) is 1. The van der Waals surface area contributed by atoms with E-state index in [9.17, 15) is 0 Å². The maximum atomic E-state index is 3.47. The largest absolute Gasteiger partial charge is 0.369 e. The van der Waals surface area contributed by atoms with Crippen molar-refractivity contribution < 1.29 is 0 Å². The maximum Gasteiger partial charge on any atom is 0.0371 e. The lowest BCUT2D eigenvalue weighted by molar-refractivity contribution is 0.587. The summed E-state index contributed by atoms with van der Waals surface area (Å²) in [5.41, 5.74) is 4.10. The van der Waals surface area contributed by atoms with Crippen molar-refractivity contribution in [2.75, 3.05) is 11.4 Å². The predicted octanol–water partition coefficient (Wildman–Crippen LogP) is 3.73. The Labute approximate surface area is 112 Å². The minimum absolute atomic E-state index is 0.534. The van der Waals surface area contributed by atoms with E-state index in [1.54, 1.807) is 0 Å². The molecule has 0 saturated carbocycles. The molecule has 0 spiro atoms. The first kappa shape index (κ1) is 15.0. The van der Waals surface area contributed by atoms with Crippen LogP contribution in [0.5, 0.6) is 0 Å². The second-order valence-corrected chi connectivity index (χ2v) is 5.53. The molecule has 1 rings (SSSR count). The topological polar surface area (TPSA) is 15.3 Å². The molecule has 0 amide bonds. The summed E-state index contributed by atoms with van der Waals surface area (Å²) >= 11 is 0. The van der Waals surface area contributed by atoms with E-state index in [4.69, 9.17) is 0 Å². The van der Waals surface area contributed by atoms with Gasteiger partial charge in [-0.3, -0.25) is 0 Å². The van der Waals surface area contributed by atoms with Gasteiger partial charge in [0.1, 0.15) is 0 Å². The van der Waals surface area contributed by atoms with Gasteiger partial charge in [-0.25, -0.2) is 0 Å². The second kappa shape index (κ2) is 6.79. The van der Waals surface area contributed by atoms with E-state index in [1.165, 1.54) is 16.8 Å². The lowest BCUT2D eigenvalue weighted by Crippen LogP contribution is -2.30. The van der Waals surface area contributed by atoms with E-state index in [0.29, 0.717) is 12.1 Å². The molecule has 0 radical (unpaired) electrons. The summed E-state index contributed by atoms with van der Waals surface area (Å²) in [5.74, 6) is 0. The number of benzene rings is 1. The van der Waals surface area contributed by atoms with E-state index < -0.39 is 0 Å². The molecule has 18 heavy (non-hydrogen) atoms. The molecule has 0 aliphatic heterocycles. The van der Waals surface area contributed by atoms with Crippen molar-refractivity contribution in [2.24, 2.45) is 0 Å². The standard InChI is InChI=1S/C16H28N2/c1-7-18(13(4)5)16-9-8-15(14(6)10-16)11-17-12(2)3/h8-10,12-13,17H,7,11H2,1-6H3. The average Bonchev–Trinajstić information content (AvgIpc) is 2.28. The highest BCUT2D eigenvalue weighted by atomic mass is 15.1. The van der Waals surface area contributed by atoms with E-state index in [1.807, 2.05) is 0 Å². The highest BCUT2D eigenvalue weighted by Gasteiger charge is 2.09. The average molecular weight is 248 g/mol. The molecule has 0 saturated heterocycles. The molecule has 0 atom stereocenters. The Bertz CT molecular complexity index is 369. The first-order chi connectivity index (χ1) is 8.45. The van der Waals surface area contributed by atoms with Gasteiger partial charge in [0, 0.05) is 30.9 Å². The highest BCUT2D eigenvalue weighted by Crippen LogP contribution is 2.21. The number of aryl methyl sites for hydroxylation is 1. The van der Waals surface area contributed by atoms with Crippen molar-refractivity contribution in [3.05, 3.63) is 29.3 Å². The molecular weight excluding hydrogens is 220 g/mol. The molecule has 1 aromatic rings. The van der Waals surface area contributed by atoms with Gasteiger partial charge in [0.15, 0.2) is 0 Å². The van der Waals surface area contributed by atoms with Crippen molar-refractivity contribution in [2.45, 2.75) is 60.2 Å². The van der Waals surface area contributed by atoms with Crippen molar-refractivity contribution >= 4 is 5.69 Å². The van der Waals surface area contributed by atoms with Gasteiger partial charge < -0.3 is 10.2 Å². The third-order valence-electron chi connectivity index (χ3n) is 3.32. The summed E-state index contributed by atoms with van der Waals surface area (Å²) in [7, 11) is 0. The van der Waals surface area contributed by atoms with Crippen LogP contribution in [0.2, 0.25) is 0 Å². The Morgan fingerprint density at radius 2 is 1.83 bits per heavy atom. The normalized spacial score (nSPS) is 11.3. The Morgan fingerprint density at radius 3 is 2.28 bits per heavy atom. The Balaban J connectivity index is 2.84. The van der Waals surface area contributed by atoms with Crippen LogP contribution >= 0.6 is 0 Å². The summed E-state index contributed by atoms with van der Waals surface area (Å²) in [6.45, 7) is 15.3. The number of hydrogen-bond acceptors (Lipinski definition) is 2. The zero-order chi connectivity index (χ0) is 13.7. The fraction of sp³-hybridized carbons (Fsp3) is 0.625. The van der Waals surface area contributed by atoms with Crippen LogP contribution in [0.1, 0.15) is 45.7 Å². The number of rotatable bonds is 6. The van der Waals surface area contributed by atoms with Crippen LogP contribution in [0.3, 0.4) is 0 Å². The molecule has 2 nitrogen and oxygen atoms in total. The lowest BCUT2D eigenvalue weighted by atomic mass is 10.1. The number of anilines is 1. The van der Waals surface area contributed by atoms with E-state index in [2.05, 4.69) is 70.0 Å².